The Hall–Kier alpha value is -0.570. The Morgan fingerprint density at radius 1 is 0.655 bits per heavy atom. The van der Waals surface area contributed by atoms with Gasteiger partial charge in [0.25, 0.3) is 0 Å². The van der Waals surface area contributed by atoms with Crippen LogP contribution in [0.3, 0.4) is 0 Å². The summed E-state index contributed by atoms with van der Waals surface area (Å²) in [6, 6.07) is 0. The lowest BCUT2D eigenvalue weighted by Crippen LogP contribution is -2.34. The molecule has 0 aromatic rings. The number of hydrogen-bond acceptors (Lipinski definition) is 3. The molecule has 0 radical (unpaired) electrons. The summed E-state index contributed by atoms with van der Waals surface area (Å²) >= 11 is 0. The summed E-state index contributed by atoms with van der Waals surface area (Å²) in [5.74, 6) is 2.93. The molecular formula is C26H54O3. The minimum atomic E-state index is -0.195. The van der Waals surface area contributed by atoms with Gasteiger partial charge >= 0.3 is 5.97 Å². The third kappa shape index (κ3) is 11.4. The molecule has 0 amide bonds. The molecule has 8 unspecified atom stereocenters. The van der Waals surface area contributed by atoms with Crippen LogP contribution in [0.2, 0.25) is 0 Å². The first-order chi connectivity index (χ1) is 12.7. The molecule has 0 bridgehead atoms. The molecule has 0 aliphatic carbocycles. The molecule has 1 N–H and O–H groups in total. The van der Waals surface area contributed by atoms with Gasteiger partial charge in [0.2, 0.25) is 0 Å². The van der Waals surface area contributed by atoms with Crippen LogP contribution >= 0.6 is 0 Å². The number of rotatable bonds is 7. The molecule has 3 nitrogen and oxygen atoms in total. The summed E-state index contributed by atoms with van der Waals surface area (Å²) in [7, 11) is 0. The van der Waals surface area contributed by atoms with E-state index in [1.807, 2.05) is 13.8 Å². The fraction of sp³-hybridized carbons (Fsp3) is 0.962. The molecule has 0 saturated carbocycles. The molecule has 0 aliphatic rings. The van der Waals surface area contributed by atoms with Gasteiger partial charge in [0.05, 0.1) is 6.10 Å². The fourth-order valence-electron chi connectivity index (χ4n) is 3.72. The lowest BCUT2D eigenvalue weighted by Gasteiger charge is -2.37. The SMILES string of the molecule is CC(=O)OC(C)C(C)C(C)C(C)C(C)(C)C.CC(O)C(C)C(C)C(C)C(C)(C)C. The van der Waals surface area contributed by atoms with Crippen molar-refractivity contribution in [2.24, 2.45) is 46.3 Å². The lowest BCUT2D eigenvalue weighted by atomic mass is 9.70. The Bertz CT molecular complexity index is 456. The molecule has 0 heterocycles. The van der Waals surface area contributed by atoms with Crippen LogP contribution in [0, 0.1) is 46.3 Å². The zero-order valence-electron chi connectivity index (χ0n) is 22.4. The van der Waals surface area contributed by atoms with Crippen LogP contribution in [-0.4, -0.2) is 23.3 Å². The first kappa shape index (κ1) is 30.6. The number of hydrogen-bond donors (Lipinski definition) is 1. The monoisotopic (exact) mass is 414 g/mol. The van der Waals surface area contributed by atoms with Crippen LogP contribution in [0.15, 0.2) is 0 Å². The maximum absolute atomic E-state index is 10.9. The largest absolute Gasteiger partial charge is 0.463 e. The standard InChI is InChI=1S/C14H28O2.C12H26O/c1-9(11(3)14(6,7)8)10(2)12(4)16-13(5)15;1-8(9(2)11(4)13)10(3)12(5,6)7/h9-12H,1-8H3;8-11,13H,1-7H3. The van der Waals surface area contributed by atoms with Crippen molar-refractivity contribution < 1.29 is 14.6 Å². The first-order valence-electron chi connectivity index (χ1n) is 11.6. The normalized spacial score (nSPS) is 20.8. The molecule has 0 spiro atoms. The Balaban J connectivity index is 0. The van der Waals surface area contributed by atoms with Crippen molar-refractivity contribution in [1.82, 2.24) is 0 Å². The van der Waals surface area contributed by atoms with E-state index in [4.69, 9.17) is 4.74 Å². The molecule has 0 fully saturated rings. The van der Waals surface area contributed by atoms with Gasteiger partial charge in [-0.15, -0.1) is 0 Å². The summed E-state index contributed by atoms with van der Waals surface area (Å²) in [6.07, 6.45) is -0.197. The molecular weight excluding hydrogens is 360 g/mol. The van der Waals surface area contributed by atoms with Crippen LogP contribution in [0.25, 0.3) is 0 Å². The van der Waals surface area contributed by atoms with Gasteiger partial charge in [0.1, 0.15) is 6.10 Å². The van der Waals surface area contributed by atoms with E-state index >= 15 is 0 Å². The average molecular weight is 415 g/mol. The van der Waals surface area contributed by atoms with Crippen molar-refractivity contribution >= 4 is 5.97 Å². The Labute approximate surface area is 183 Å². The third-order valence-electron chi connectivity index (χ3n) is 7.82. The predicted octanol–water partition coefficient (Wildman–Crippen LogP) is 7.21. The fourth-order valence-corrected chi connectivity index (χ4v) is 3.72. The second kappa shape index (κ2) is 12.3. The maximum Gasteiger partial charge on any atom is 0.302 e. The summed E-state index contributed by atoms with van der Waals surface area (Å²) in [5, 5.41) is 9.51. The van der Waals surface area contributed by atoms with E-state index in [1.165, 1.54) is 6.92 Å². The molecule has 29 heavy (non-hydrogen) atoms. The third-order valence-corrected chi connectivity index (χ3v) is 7.82. The number of carbonyl (C=O) groups is 1. The smallest absolute Gasteiger partial charge is 0.302 e. The van der Waals surface area contributed by atoms with Crippen molar-refractivity contribution in [1.29, 1.82) is 0 Å². The maximum atomic E-state index is 10.9. The molecule has 176 valence electrons. The molecule has 0 aromatic heterocycles. The molecule has 0 aliphatic heterocycles. The van der Waals surface area contributed by atoms with Crippen LogP contribution in [0.1, 0.15) is 104 Å². The second-order valence-electron chi connectivity index (χ2n) is 11.8. The van der Waals surface area contributed by atoms with Gasteiger partial charge in [-0.2, -0.15) is 0 Å². The molecule has 0 saturated heterocycles. The van der Waals surface area contributed by atoms with Crippen molar-refractivity contribution in [2.75, 3.05) is 0 Å². The minimum Gasteiger partial charge on any atom is -0.463 e. The summed E-state index contributed by atoms with van der Waals surface area (Å²) in [6.45, 7) is 32.3. The van der Waals surface area contributed by atoms with E-state index in [0.29, 0.717) is 46.3 Å². The van der Waals surface area contributed by atoms with Gasteiger partial charge in [-0.1, -0.05) is 83.1 Å². The zero-order chi connectivity index (χ0) is 23.9. The molecule has 0 rings (SSSR count). The summed E-state index contributed by atoms with van der Waals surface area (Å²) < 4.78 is 5.26. The Morgan fingerprint density at radius 2 is 0.966 bits per heavy atom. The predicted molar refractivity (Wildman–Crippen MR) is 127 cm³/mol. The number of aliphatic hydroxyl groups is 1. The molecule has 8 atom stereocenters. The highest BCUT2D eigenvalue weighted by atomic mass is 16.5. The van der Waals surface area contributed by atoms with Crippen molar-refractivity contribution in [3.63, 3.8) is 0 Å². The summed E-state index contributed by atoms with van der Waals surface area (Å²) in [5.41, 5.74) is 0.631. The quantitative estimate of drug-likeness (QED) is 0.447. The van der Waals surface area contributed by atoms with Crippen molar-refractivity contribution in [3.05, 3.63) is 0 Å². The van der Waals surface area contributed by atoms with Crippen LogP contribution in [-0.2, 0) is 9.53 Å². The number of ether oxygens (including phenoxy) is 1. The number of carbonyl (C=O) groups excluding carboxylic acids is 1. The van der Waals surface area contributed by atoms with Gasteiger partial charge < -0.3 is 9.84 Å². The average Bonchev–Trinajstić information content (AvgIpc) is 2.55. The van der Waals surface area contributed by atoms with Gasteiger partial charge in [-0.25, -0.2) is 0 Å². The van der Waals surface area contributed by atoms with E-state index in [9.17, 15) is 9.90 Å². The van der Waals surface area contributed by atoms with E-state index in [0.717, 1.165) is 0 Å². The van der Waals surface area contributed by atoms with Crippen LogP contribution in [0.4, 0.5) is 0 Å². The van der Waals surface area contributed by atoms with Crippen LogP contribution < -0.4 is 0 Å². The van der Waals surface area contributed by atoms with Crippen molar-refractivity contribution in [3.8, 4) is 0 Å². The molecule has 3 heteroatoms. The van der Waals surface area contributed by atoms with Gasteiger partial charge in [-0.3, -0.25) is 4.79 Å². The lowest BCUT2D eigenvalue weighted by molar-refractivity contribution is -0.149. The number of esters is 1. The van der Waals surface area contributed by atoms with E-state index in [-0.39, 0.29) is 18.2 Å². The summed E-state index contributed by atoms with van der Waals surface area (Å²) in [4.78, 5) is 10.9. The van der Waals surface area contributed by atoms with Gasteiger partial charge in [-0.05, 0) is 60.2 Å². The Morgan fingerprint density at radius 3 is 1.21 bits per heavy atom. The van der Waals surface area contributed by atoms with Crippen molar-refractivity contribution in [2.45, 2.75) is 116 Å². The number of aliphatic hydroxyl groups excluding tert-OH is 1. The topological polar surface area (TPSA) is 46.5 Å². The van der Waals surface area contributed by atoms with Gasteiger partial charge in [0, 0.05) is 6.92 Å². The van der Waals surface area contributed by atoms with Crippen LogP contribution in [0.5, 0.6) is 0 Å². The highest BCUT2D eigenvalue weighted by Crippen LogP contribution is 2.37. The van der Waals surface area contributed by atoms with E-state index < -0.39 is 0 Å². The first-order valence-corrected chi connectivity index (χ1v) is 11.6. The highest BCUT2D eigenvalue weighted by Gasteiger charge is 2.32. The Kier molecular flexibility index (Phi) is 13.0. The zero-order valence-corrected chi connectivity index (χ0v) is 22.4. The van der Waals surface area contributed by atoms with E-state index in [2.05, 4.69) is 83.1 Å². The molecule has 0 aromatic carbocycles. The highest BCUT2D eigenvalue weighted by molar-refractivity contribution is 5.66. The second-order valence-corrected chi connectivity index (χ2v) is 11.8. The minimum absolute atomic E-state index is 0.00250. The van der Waals surface area contributed by atoms with E-state index in [1.54, 1.807) is 0 Å². The van der Waals surface area contributed by atoms with Gasteiger partial charge in [0.15, 0.2) is 0 Å².